The predicted molar refractivity (Wildman–Crippen MR) is 74.3 cm³/mol. The number of amides is 1. The van der Waals surface area contributed by atoms with E-state index in [2.05, 4.69) is 10.3 Å². The molecule has 1 amide bonds. The van der Waals surface area contributed by atoms with E-state index in [1.165, 1.54) is 12.1 Å². The van der Waals surface area contributed by atoms with Gasteiger partial charge in [-0.15, -0.1) is 0 Å². The Balaban J connectivity index is 2.04. The smallest absolute Gasteiger partial charge is 0.337 e. The second-order valence-corrected chi connectivity index (χ2v) is 6.43. The highest BCUT2D eigenvalue weighted by Gasteiger charge is 2.21. The number of carboxylic acid groups (broad SMARTS) is 1. The van der Waals surface area contributed by atoms with E-state index in [0.717, 1.165) is 0 Å². The summed E-state index contributed by atoms with van der Waals surface area (Å²) in [5.74, 6) is -0.163. The Hall–Kier alpha value is -1.76. The number of aryl methyl sites for hydroxylation is 1. The highest BCUT2D eigenvalue weighted by atomic mass is 32.2. The summed E-state index contributed by atoms with van der Waals surface area (Å²) in [6, 6.07) is 2.81. The minimum Gasteiger partial charge on any atom is -0.478 e. The molecule has 1 fully saturated rings. The topological polar surface area (TPSA) is 96.4 Å². The fourth-order valence-corrected chi connectivity index (χ4v) is 3.41. The number of nitrogens with one attached hydrogen (secondary N) is 1. The second kappa shape index (κ2) is 6.13. The molecule has 1 aromatic rings. The van der Waals surface area contributed by atoms with Crippen molar-refractivity contribution in [3.63, 3.8) is 0 Å². The first kappa shape index (κ1) is 14.6. The number of carbonyl (C=O) groups excluding carboxylic acids is 1. The van der Waals surface area contributed by atoms with Crippen LogP contribution >= 0.6 is 0 Å². The van der Waals surface area contributed by atoms with Crippen LogP contribution in [0.5, 0.6) is 0 Å². The predicted octanol–water partition coefficient (Wildman–Crippen LogP) is 0.729. The third-order valence-corrected chi connectivity index (χ3v) is 4.65. The van der Waals surface area contributed by atoms with Gasteiger partial charge in [-0.3, -0.25) is 9.00 Å². The van der Waals surface area contributed by atoms with Crippen LogP contribution in [0.3, 0.4) is 0 Å². The van der Waals surface area contributed by atoms with E-state index in [4.69, 9.17) is 5.11 Å². The Morgan fingerprint density at radius 1 is 1.35 bits per heavy atom. The lowest BCUT2D eigenvalue weighted by atomic mass is 10.1. The van der Waals surface area contributed by atoms with Crippen molar-refractivity contribution in [1.82, 2.24) is 10.3 Å². The maximum Gasteiger partial charge on any atom is 0.337 e. The number of pyridine rings is 1. The molecule has 1 aromatic heterocycles. The molecule has 1 saturated heterocycles. The van der Waals surface area contributed by atoms with Crippen molar-refractivity contribution in [3.05, 3.63) is 29.1 Å². The third-order valence-electron chi connectivity index (χ3n) is 3.27. The number of rotatable bonds is 3. The van der Waals surface area contributed by atoms with Gasteiger partial charge in [-0.25, -0.2) is 9.78 Å². The molecule has 0 atom stereocenters. The zero-order chi connectivity index (χ0) is 14.7. The first-order valence-electron chi connectivity index (χ1n) is 6.34. The van der Waals surface area contributed by atoms with Crippen LogP contribution in [0, 0.1) is 6.92 Å². The molecule has 0 spiro atoms. The lowest BCUT2D eigenvalue weighted by Gasteiger charge is -2.22. The molecule has 6 nitrogen and oxygen atoms in total. The molecule has 0 saturated carbocycles. The summed E-state index contributed by atoms with van der Waals surface area (Å²) in [6.45, 7) is 1.56. The van der Waals surface area contributed by atoms with E-state index in [0.29, 0.717) is 30.0 Å². The zero-order valence-electron chi connectivity index (χ0n) is 11.1. The molecule has 7 heteroatoms. The van der Waals surface area contributed by atoms with Gasteiger partial charge in [-0.2, -0.15) is 0 Å². The Labute approximate surface area is 119 Å². The quantitative estimate of drug-likeness (QED) is 0.857. The fraction of sp³-hybridized carbons (Fsp3) is 0.462. The van der Waals surface area contributed by atoms with Gasteiger partial charge in [0.15, 0.2) is 0 Å². The van der Waals surface area contributed by atoms with Gasteiger partial charge in [0, 0.05) is 28.3 Å². The molecule has 20 heavy (non-hydrogen) atoms. The van der Waals surface area contributed by atoms with Crippen molar-refractivity contribution in [2.24, 2.45) is 0 Å². The number of aromatic carboxylic acids is 1. The summed E-state index contributed by atoms with van der Waals surface area (Å²) in [5, 5.41) is 11.8. The SMILES string of the molecule is Cc1nc(C(=O)NC2CCS(=O)CC2)ccc1C(=O)O. The van der Waals surface area contributed by atoms with Crippen LogP contribution in [0.2, 0.25) is 0 Å². The zero-order valence-corrected chi connectivity index (χ0v) is 11.9. The van der Waals surface area contributed by atoms with Crippen LogP contribution in [-0.4, -0.2) is 43.7 Å². The van der Waals surface area contributed by atoms with Crippen molar-refractivity contribution >= 4 is 22.7 Å². The Bertz CT molecular complexity index is 563. The lowest BCUT2D eigenvalue weighted by Crippen LogP contribution is -2.39. The van der Waals surface area contributed by atoms with Crippen LogP contribution in [0.1, 0.15) is 39.4 Å². The molecule has 0 bridgehead atoms. The van der Waals surface area contributed by atoms with Gasteiger partial charge in [0.2, 0.25) is 0 Å². The third kappa shape index (κ3) is 3.41. The van der Waals surface area contributed by atoms with Crippen molar-refractivity contribution in [2.75, 3.05) is 11.5 Å². The summed E-state index contributed by atoms with van der Waals surface area (Å²) in [4.78, 5) is 26.9. The van der Waals surface area contributed by atoms with Gasteiger partial charge in [-0.05, 0) is 31.9 Å². The van der Waals surface area contributed by atoms with Crippen LogP contribution in [0.4, 0.5) is 0 Å². The standard InChI is InChI=1S/C13H16N2O4S/c1-8-10(13(17)18)2-3-11(14-8)12(16)15-9-4-6-20(19)7-5-9/h2-3,9H,4-7H2,1H3,(H,15,16)(H,17,18). The van der Waals surface area contributed by atoms with E-state index in [1.54, 1.807) is 6.92 Å². The maximum absolute atomic E-state index is 12.0. The summed E-state index contributed by atoms with van der Waals surface area (Å²) >= 11 is 0. The molecular weight excluding hydrogens is 280 g/mol. The molecule has 2 heterocycles. The van der Waals surface area contributed by atoms with Crippen LogP contribution in [0.15, 0.2) is 12.1 Å². The average molecular weight is 296 g/mol. The summed E-state index contributed by atoms with van der Waals surface area (Å²) < 4.78 is 11.2. The van der Waals surface area contributed by atoms with E-state index >= 15 is 0 Å². The first-order chi connectivity index (χ1) is 9.47. The highest BCUT2D eigenvalue weighted by molar-refractivity contribution is 7.85. The van der Waals surface area contributed by atoms with Gasteiger partial charge in [-0.1, -0.05) is 0 Å². The van der Waals surface area contributed by atoms with Crippen molar-refractivity contribution in [1.29, 1.82) is 0 Å². The van der Waals surface area contributed by atoms with Crippen LogP contribution in [0.25, 0.3) is 0 Å². The second-order valence-electron chi connectivity index (χ2n) is 4.73. The maximum atomic E-state index is 12.0. The monoisotopic (exact) mass is 296 g/mol. The number of nitrogens with zero attached hydrogens (tertiary/aromatic N) is 1. The highest BCUT2D eigenvalue weighted by Crippen LogP contribution is 2.11. The Morgan fingerprint density at radius 2 is 2.00 bits per heavy atom. The molecule has 0 unspecified atom stereocenters. The molecule has 0 radical (unpaired) electrons. The van der Waals surface area contributed by atoms with Gasteiger partial charge in [0.25, 0.3) is 5.91 Å². The minimum absolute atomic E-state index is 0.0152. The molecule has 108 valence electrons. The van der Waals surface area contributed by atoms with E-state index < -0.39 is 16.8 Å². The Kier molecular flexibility index (Phi) is 4.49. The number of hydrogen-bond donors (Lipinski definition) is 2. The van der Waals surface area contributed by atoms with Crippen molar-refractivity contribution < 1.29 is 18.9 Å². The number of carbonyl (C=O) groups is 2. The summed E-state index contributed by atoms with van der Waals surface area (Å²) in [6.07, 6.45) is 1.40. The number of carboxylic acids is 1. The average Bonchev–Trinajstić information content (AvgIpc) is 2.40. The van der Waals surface area contributed by atoms with E-state index in [-0.39, 0.29) is 23.2 Å². The number of hydrogen-bond acceptors (Lipinski definition) is 4. The number of aromatic nitrogens is 1. The molecule has 2 N–H and O–H groups in total. The van der Waals surface area contributed by atoms with Gasteiger partial charge in [0.05, 0.1) is 11.3 Å². The normalized spacial score (nSPS) is 22.2. The molecule has 0 aromatic carbocycles. The van der Waals surface area contributed by atoms with Crippen LogP contribution < -0.4 is 5.32 Å². The van der Waals surface area contributed by atoms with Crippen molar-refractivity contribution in [2.45, 2.75) is 25.8 Å². The van der Waals surface area contributed by atoms with Crippen molar-refractivity contribution in [3.8, 4) is 0 Å². The fourth-order valence-electron chi connectivity index (χ4n) is 2.11. The largest absolute Gasteiger partial charge is 0.478 e. The molecular formula is C13H16N2O4S. The lowest BCUT2D eigenvalue weighted by molar-refractivity contribution is 0.0694. The van der Waals surface area contributed by atoms with Gasteiger partial charge < -0.3 is 10.4 Å². The molecule has 2 rings (SSSR count). The summed E-state index contributed by atoms with van der Waals surface area (Å²) in [5.41, 5.74) is 0.615. The molecule has 0 aliphatic carbocycles. The van der Waals surface area contributed by atoms with E-state index in [9.17, 15) is 13.8 Å². The molecule has 1 aliphatic rings. The summed E-state index contributed by atoms with van der Waals surface area (Å²) in [7, 11) is -0.764. The molecule has 1 aliphatic heterocycles. The van der Waals surface area contributed by atoms with Gasteiger partial charge >= 0.3 is 5.97 Å². The van der Waals surface area contributed by atoms with Crippen LogP contribution in [-0.2, 0) is 10.8 Å². The van der Waals surface area contributed by atoms with E-state index in [1.807, 2.05) is 0 Å². The Morgan fingerprint density at radius 3 is 2.55 bits per heavy atom. The first-order valence-corrected chi connectivity index (χ1v) is 7.83. The van der Waals surface area contributed by atoms with Gasteiger partial charge in [0.1, 0.15) is 5.69 Å². The minimum atomic E-state index is -1.06.